The van der Waals surface area contributed by atoms with Crippen molar-refractivity contribution in [3.05, 3.63) is 63.8 Å². The van der Waals surface area contributed by atoms with Crippen LogP contribution in [0.5, 0.6) is 0 Å². The molecule has 0 spiro atoms. The molecule has 0 aliphatic rings. The lowest BCUT2D eigenvalue weighted by Gasteiger charge is -2.31. The van der Waals surface area contributed by atoms with Gasteiger partial charge in [0.05, 0.1) is 11.0 Å². The van der Waals surface area contributed by atoms with E-state index in [1.165, 1.54) is 11.6 Å². The van der Waals surface area contributed by atoms with Gasteiger partial charge in [0, 0.05) is 12.1 Å². The van der Waals surface area contributed by atoms with E-state index in [1.807, 2.05) is 32.3 Å². The summed E-state index contributed by atoms with van der Waals surface area (Å²) in [6, 6.07) is 13.6. The van der Waals surface area contributed by atoms with Gasteiger partial charge in [-0.05, 0) is 39.6 Å². The molecule has 1 N–H and O–H groups in total. The molecular formula is C17H22N4O2. The zero-order valence-electron chi connectivity index (χ0n) is 13.9. The van der Waals surface area contributed by atoms with Crippen molar-refractivity contribution in [3.8, 4) is 0 Å². The SMILES string of the molecule is Cc1nc(N[C@H](C)[C@@H](c2ccccc2)N(C)C)ccc1[N+](=O)[O-]. The lowest BCUT2D eigenvalue weighted by molar-refractivity contribution is -0.385. The molecule has 1 aromatic carbocycles. The molecule has 0 saturated heterocycles. The second kappa shape index (κ2) is 7.19. The van der Waals surface area contributed by atoms with E-state index in [0.29, 0.717) is 11.5 Å². The van der Waals surface area contributed by atoms with E-state index in [1.54, 1.807) is 13.0 Å². The summed E-state index contributed by atoms with van der Waals surface area (Å²) in [5.41, 5.74) is 1.65. The summed E-state index contributed by atoms with van der Waals surface area (Å²) in [5.74, 6) is 0.642. The van der Waals surface area contributed by atoms with E-state index in [0.717, 1.165) is 0 Å². The molecule has 0 saturated carbocycles. The molecule has 0 aliphatic carbocycles. The van der Waals surface area contributed by atoms with Gasteiger partial charge in [-0.3, -0.25) is 10.1 Å². The lowest BCUT2D eigenvalue weighted by atomic mass is 9.99. The number of nitrogens with one attached hydrogen (secondary N) is 1. The Kier molecular flexibility index (Phi) is 5.28. The smallest absolute Gasteiger partial charge is 0.290 e. The number of hydrogen-bond donors (Lipinski definition) is 1. The first-order valence-corrected chi connectivity index (χ1v) is 7.50. The molecule has 2 aromatic rings. The lowest BCUT2D eigenvalue weighted by Crippen LogP contribution is -2.34. The summed E-state index contributed by atoms with van der Waals surface area (Å²) >= 11 is 0. The van der Waals surface area contributed by atoms with Crippen molar-refractivity contribution in [2.45, 2.75) is 25.9 Å². The van der Waals surface area contributed by atoms with E-state index < -0.39 is 4.92 Å². The Hall–Kier alpha value is -2.47. The van der Waals surface area contributed by atoms with Gasteiger partial charge >= 0.3 is 0 Å². The fourth-order valence-electron chi connectivity index (χ4n) is 2.82. The van der Waals surface area contributed by atoms with Crippen molar-refractivity contribution in [2.75, 3.05) is 19.4 Å². The van der Waals surface area contributed by atoms with Crippen molar-refractivity contribution in [3.63, 3.8) is 0 Å². The number of pyridine rings is 1. The second-order valence-electron chi connectivity index (χ2n) is 5.81. The van der Waals surface area contributed by atoms with Crippen LogP contribution in [0.1, 0.15) is 24.2 Å². The van der Waals surface area contributed by atoms with Crippen LogP contribution in [-0.4, -0.2) is 34.9 Å². The molecule has 0 unspecified atom stereocenters. The Morgan fingerprint density at radius 1 is 1.17 bits per heavy atom. The van der Waals surface area contributed by atoms with Gasteiger partial charge in [0.25, 0.3) is 5.69 Å². The normalized spacial score (nSPS) is 13.6. The predicted molar refractivity (Wildman–Crippen MR) is 91.6 cm³/mol. The van der Waals surface area contributed by atoms with Crippen LogP contribution in [-0.2, 0) is 0 Å². The van der Waals surface area contributed by atoms with Crippen LogP contribution in [0, 0.1) is 17.0 Å². The number of aromatic nitrogens is 1. The quantitative estimate of drug-likeness (QED) is 0.653. The summed E-state index contributed by atoms with van der Waals surface area (Å²) in [7, 11) is 4.06. The number of aryl methyl sites for hydroxylation is 1. The second-order valence-corrected chi connectivity index (χ2v) is 5.81. The number of benzene rings is 1. The van der Waals surface area contributed by atoms with Crippen molar-refractivity contribution in [2.24, 2.45) is 0 Å². The minimum absolute atomic E-state index is 0.0374. The number of hydrogen-bond acceptors (Lipinski definition) is 5. The molecule has 1 aromatic heterocycles. The summed E-state index contributed by atoms with van der Waals surface area (Å²) in [6.07, 6.45) is 0. The van der Waals surface area contributed by atoms with Gasteiger partial charge in [0.1, 0.15) is 11.5 Å². The fraction of sp³-hybridized carbons (Fsp3) is 0.353. The van der Waals surface area contributed by atoms with E-state index in [-0.39, 0.29) is 17.8 Å². The Morgan fingerprint density at radius 3 is 2.35 bits per heavy atom. The average Bonchev–Trinajstić information content (AvgIpc) is 2.47. The highest BCUT2D eigenvalue weighted by Crippen LogP contribution is 2.25. The summed E-state index contributed by atoms with van der Waals surface area (Å²) < 4.78 is 0. The van der Waals surface area contributed by atoms with Crippen LogP contribution in [0.3, 0.4) is 0 Å². The summed E-state index contributed by atoms with van der Waals surface area (Å²) in [4.78, 5) is 16.9. The van der Waals surface area contributed by atoms with Crippen LogP contribution in [0.4, 0.5) is 11.5 Å². The molecule has 2 rings (SSSR count). The van der Waals surface area contributed by atoms with Crippen molar-refractivity contribution < 1.29 is 4.92 Å². The monoisotopic (exact) mass is 314 g/mol. The van der Waals surface area contributed by atoms with Crippen LogP contribution in [0.2, 0.25) is 0 Å². The van der Waals surface area contributed by atoms with Crippen molar-refractivity contribution >= 4 is 11.5 Å². The Morgan fingerprint density at radius 2 is 1.83 bits per heavy atom. The van der Waals surface area contributed by atoms with Gasteiger partial charge in [0.2, 0.25) is 0 Å². The maximum atomic E-state index is 10.9. The minimum atomic E-state index is -0.415. The van der Waals surface area contributed by atoms with Gasteiger partial charge in [-0.1, -0.05) is 30.3 Å². The molecule has 0 bridgehead atoms. The fourth-order valence-corrected chi connectivity index (χ4v) is 2.82. The third-order valence-electron chi connectivity index (χ3n) is 3.80. The van der Waals surface area contributed by atoms with Gasteiger partial charge in [-0.25, -0.2) is 4.98 Å². The topological polar surface area (TPSA) is 71.3 Å². The Bertz CT molecular complexity index is 674. The first kappa shape index (κ1) is 16.9. The Balaban J connectivity index is 2.21. The van der Waals surface area contributed by atoms with Crippen LogP contribution < -0.4 is 5.32 Å². The molecule has 122 valence electrons. The molecule has 0 fully saturated rings. The predicted octanol–water partition coefficient (Wildman–Crippen LogP) is 3.40. The highest BCUT2D eigenvalue weighted by atomic mass is 16.6. The average molecular weight is 314 g/mol. The van der Waals surface area contributed by atoms with Gasteiger partial charge < -0.3 is 10.2 Å². The van der Waals surface area contributed by atoms with Gasteiger partial charge in [0.15, 0.2) is 0 Å². The third-order valence-corrected chi connectivity index (χ3v) is 3.80. The van der Waals surface area contributed by atoms with E-state index >= 15 is 0 Å². The highest BCUT2D eigenvalue weighted by molar-refractivity contribution is 5.45. The van der Waals surface area contributed by atoms with E-state index in [2.05, 4.69) is 34.3 Å². The van der Waals surface area contributed by atoms with Crippen molar-refractivity contribution in [1.82, 2.24) is 9.88 Å². The molecule has 1 heterocycles. The van der Waals surface area contributed by atoms with Crippen LogP contribution >= 0.6 is 0 Å². The number of likely N-dealkylation sites (N-methyl/N-ethyl adjacent to an activating group) is 1. The van der Waals surface area contributed by atoms with Crippen LogP contribution in [0.15, 0.2) is 42.5 Å². The number of nitrogens with zero attached hydrogens (tertiary/aromatic N) is 3. The maximum absolute atomic E-state index is 10.9. The zero-order valence-corrected chi connectivity index (χ0v) is 13.9. The van der Waals surface area contributed by atoms with Gasteiger partial charge in [-0.2, -0.15) is 0 Å². The highest BCUT2D eigenvalue weighted by Gasteiger charge is 2.22. The molecule has 2 atom stereocenters. The van der Waals surface area contributed by atoms with Crippen LogP contribution in [0.25, 0.3) is 0 Å². The summed E-state index contributed by atoms with van der Waals surface area (Å²) in [5, 5.41) is 14.2. The summed E-state index contributed by atoms with van der Waals surface area (Å²) in [6.45, 7) is 3.73. The van der Waals surface area contributed by atoms with Crippen molar-refractivity contribution in [1.29, 1.82) is 0 Å². The molecule has 0 radical (unpaired) electrons. The first-order valence-electron chi connectivity index (χ1n) is 7.50. The van der Waals surface area contributed by atoms with E-state index in [9.17, 15) is 10.1 Å². The maximum Gasteiger partial charge on any atom is 0.290 e. The molecular weight excluding hydrogens is 292 g/mol. The van der Waals surface area contributed by atoms with Gasteiger partial charge in [-0.15, -0.1) is 0 Å². The molecule has 6 heteroatoms. The number of rotatable bonds is 6. The van der Waals surface area contributed by atoms with E-state index in [4.69, 9.17) is 0 Å². The molecule has 6 nitrogen and oxygen atoms in total. The number of anilines is 1. The molecule has 0 aliphatic heterocycles. The number of nitro groups is 1. The first-order chi connectivity index (χ1) is 10.9. The largest absolute Gasteiger partial charge is 0.366 e. The third kappa shape index (κ3) is 4.04. The molecule has 23 heavy (non-hydrogen) atoms. The Labute approximate surface area is 136 Å². The standard InChI is InChI=1S/C17H22N4O2/c1-12-15(21(22)23)10-11-16(18-12)19-13(2)17(20(3)4)14-8-6-5-7-9-14/h5-11,13,17H,1-4H3,(H,18,19)/t13-,17+/m1/s1. The molecule has 0 amide bonds. The minimum Gasteiger partial charge on any atom is -0.366 e. The zero-order chi connectivity index (χ0) is 17.0.